The fraction of sp³-hybridized carbons (Fsp3) is 0.360. The number of methoxy groups -OCH3 is 1. The number of rotatable bonds is 11. The van der Waals surface area contributed by atoms with Crippen LogP contribution < -0.4 is 14.8 Å². The minimum Gasteiger partial charge on any atom is -0.493 e. The van der Waals surface area contributed by atoms with Crippen LogP contribution in [0.25, 0.3) is 6.08 Å². The molecule has 2 rings (SSSR count). The Kier molecular flexibility index (Phi) is 9.62. The van der Waals surface area contributed by atoms with Gasteiger partial charge in [-0.3, -0.25) is 9.59 Å². The predicted molar refractivity (Wildman–Crippen MR) is 124 cm³/mol. The van der Waals surface area contributed by atoms with Crippen LogP contribution in [0.5, 0.6) is 11.5 Å². The molecule has 0 saturated carbocycles. The highest BCUT2D eigenvalue weighted by Crippen LogP contribution is 2.28. The third-order valence-corrected chi connectivity index (χ3v) is 4.77. The average Bonchev–Trinajstić information content (AvgIpc) is 2.76. The van der Waals surface area contributed by atoms with Crippen LogP contribution in [0.1, 0.15) is 44.7 Å². The van der Waals surface area contributed by atoms with Crippen molar-refractivity contribution in [1.82, 2.24) is 4.90 Å². The van der Waals surface area contributed by atoms with E-state index in [9.17, 15) is 9.59 Å². The molecule has 1 N–H and O–H groups in total. The summed E-state index contributed by atoms with van der Waals surface area (Å²) in [4.78, 5) is 25.7. The molecule has 0 heterocycles. The maximum absolute atomic E-state index is 12.4. The van der Waals surface area contributed by atoms with Gasteiger partial charge in [0.1, 0.15) is 0 Å². The van der Waals surface area contributed by atoms with Gasteiger partial charge in [0, 0.05) is 31.8 Å². The highest BCUT2D eigenvalue weighted by Gasteiger charge is 2.08. The number of hydrogen-bond donors (Lipinski definition) is 1. The van der Waals surface area contributed by atoms with Crippen molar-refractivity contribution in [2.75, 3.05) is 25.6 Å². The number of nitrogens with zero attached hydrogens (tertiary/aromatic N) is 1. The molecule has 2 amide bonds. The summed E-state index contributed by atoms with van der Waals surface area (Å²) in [6, 6.07) is 13.1. The summed E-state index contributed by atoms with van der Waals surface area (Å²) in [6.07, 6.45) is 5.26. The molecule has 6 heteroatoms. The monoisotopic (exact) mass is 424 g/mol. The van der Waals surface area contributed by atoms with E-state index >= 15 is 0 Å². The summed E-state index contributed by atoms with van der Waals surface area (Å²) in [5.74, 6) is 1.12. The van der Waals surface area contributed by atoms with Gasteiger partial charge in [0.25, 0.3) is 0 Å². The predicted octanol–water partition coefficient (Wildman–Crippen LogP) is 4.89. The highest BCUT2D eigenvalue weighted by molar-refractivity contribution is 6.02. The molecule has 0 aliphatic carbocycles. The summed E-state index contributed by atoms with van der Waals surface area (Å²) >= 11 is 0. The molecule has 0 unspecified atom stereocenters. The molecule has 0 spiro atoms. The van der Waals surface area contributed by atoms with Gasteiger partial charge in [-0.05, 0) is 54.8 Å². The smallest absolute Gasteiger partial charge is 0.248 e. The molecule has 0 atom stereocenters. The Hall–Kier alpha value is -3.28. The van der Waals surface area contributed by atoms with Crippen LogP contribution in [-0.4, -0.2) is 37.0 Å². The summed E-state index contributed by atoms with van der Waals surface area (Å²) in [5, 5.41) is 2.86. The lowest BCUT2D eigenvalue weighted by molar-refractivity contribution is -0.129. The first kappa shape index (κ1) is 24.0. The zero-order valence-corrected chi connectivity index (χ0v) is 18.8. The van der Waals surface area contributed by atoms with E-state index in [-0.39, 0.29) is 11.8 Å². The van der Waals surface area contributed by atoms with Crippen LogP contribution in [0.2, 0.25) is 0 Å². The number of anilines is 1. The number of unbranched alkanes of at least 4 members (excludes halogenated alkanes) is 1. The Morgan fingerprint density at radius 3 is 2.58 bits per heavy atom. The van der Waals surface area contributed by atoms with Crippen LogP contribution in [0, 0.1) is 0 Å². The number of nitrogens with one attached hydrogen (secondary N) is 1. The van der Waals surface area contributed by atoms with Gasteiger partial charge in [0.05, 0.1) is 13.7 Å². The van der Waals surface area contributed by atoms with Crippen molar-refractivity contribution in [3.8, 4) is 11.5 Å². The fourth-order valence-electron chi connectivity index (χ4n) is 3.00. The minimum atomic E-state index is -0.238. The molecule has 0 aliphatic heterocycles. The van der Waals surface area contributed by atoms with Gasteiger partial charge in [-0.2, -0.15) is 0 Å². The number of benzene rings is 2. The lowest BCUT2D eigenvalue weighted by atomic mass is 10.1. The summed E-state index contributed by atoms with van der Waals surface area (Å²) in [5.41, 5.74) is 2.48. The Bertz CT molecular complexity index is 908. The Morgan fingerprint density at radius 1 is 1.10 bits per heavy atom. The number of amides is 2. The van der Waals surface area contributed by atoms with Gasteiger partial charge in [0.15, 0.2) is 11.5 Å². The van der Waals surface area contributed by atoms with E-state index in [1.54, 1.807) is 25.0 Å². The zero-order valence-electron chi connectivity index (χ0n) is 18.8. The summed E-state index contributed by atoms with van der Waals surface area (Å²) in [6.45, 7) is 7.40. The topological polar surface area (TPSA) is 67.9 Å². The molecule has 6 nitrogen and oxygen atoms in total. The second-order valence-corrected chi connectivity index (χ2v) is 7.17. The molecule has 0 aromatic heterocycles. The maximum Gasteiger partial charge on any atom is 0.248 e. The zero-order chi connectivity index (χ0) is 22.6. The fourth-order valence-corrected chi connectivity index (χ4v) is 3.00. The molecule has 0 fully saturated rings. The normalized spacial score (nSPS) is 10.7. The van der Waals surface area contributed by atoms with E-state index in [2.05, 4.69) is 12.2 Å². The molecule has 2 aromatic rings. The largest absolute Gasteiger partial charge is 0.493 e. The Labute approximate surface area is 184 Å². The van der Waals surface area contributed by atoms with Gasteiger partial charge < -0.3 is 19.7 Å². The van der Waals surface area contributed by atoms with E-state index in [0.717, 1.165) is 24.0 Å². The van der Waals surface area contributed by atoms with Crippen LogP contribution in [0.4, 0.5) is 5.69 Å². The molecule has 0 aliphatic rings. The van der Waals surface area contributed by atoms with Gasteiger partial charge in [-0.25, -0.2) is 0 Å². The van der Waals surface area contributed by atoms with Crippen molar-refractivity contribution in [1.29, 1.82) is 0 Å². The van der Waals surface area contributed by atoms with Crippen molar-refractivity contribution in [2.45, 2.75) is 40.2 Å². The number of carbonyl (C=O) groups is 2. The van der Waals surface area contributed by atoms with E-state index in [1.807, 2.05) is 49.4 Å². The van der Waals surface area contributed by atoms with Crippen molar-refractivity contribution >= 4 is 23.6 Å². The molecule has 0 saturated heterocycles. The Morgan fingerprint density at radius 2 is 1.90 bits per heavy atom. The molecule has 0 radical (unpaired) electrons. The molecule has 31 heavy (non-hydrogen) atoms. The molecule has 2 aromatic carbocycles. The summed E-state index contributed by atoms with van der Waals surface area (Å²) in [7, 11) is 1.60. The van der Waals surface area contributed by atoms with Gasteiger partial charge in [0.2, 0.25) is 11.8 Å². The average molecular weight is 425 g/mol. The van der Waals surface area contributed by atoms with E-state index < -0.39 is 0 Å². The van der Waals surface area contributed by atoms with Crippen molar-refractivity contribution in [2.24, 2.45) is 0 Å². The van der Waals surface area contributed by atoms with Crippen LogP contribution in [-0.2, 0) is 16.1 Å². The van der Waals surface area contributed by atoms with Crippen LogP contribution in [0.3, 0.4) is 0 Å². The molecule has 0 bridgehead atoms. The lowest BCUT2D eigenvalue weighted by Gasteiger charge is -2.19. The number of hydrogen-bond acceptors (Lipinski definition) is 4. The standard InChI is InChI=1S/C25H32N2O4/c1-5-7-15-31-23-13-11-20(17-24(23)30-4)12-14-25(29)26-22-10-8-9-21(16-22)18-27(6-2)19(3)28/h8-14,16-17H,5-7,15,18H2,1-4H3,(H,26,29)/b14-12+. The third-order valence-electron chi connectivity index (χ3n) is 4.77. The van der Waals surface area contributed by atoms with E-state index in [4.69, 9.17) is 9.47 Å². The van der Waals surface area contributed by atoms with Gasteiger partial charge in [-0.1, -0.05) is 31.5 Å². The van der Waals surface area contributed by atoms with Crippen molar-refractivity contribution < 1.29 is 19.1 Å². The SMILES string of the molecule is CCCCOc1ccc(/C=C/C(=O)Nc2cccc(CN(CC)C(C)=O)c2)cc1OC. The number of carbonyl (C=O) groups excluding carboxylic acids is 2. The molecular formula is C25H32N2O4. The maximum atomic E-state index is 12.4. The van der Waals surface area contributed by atoms with E-state index in [1.165, 1.54) is 6.08 Å². The Balaban J connectivity index is 2.00. The van der Waals surface area contributed by atoms with Crippen LogP contribution >= 0.6 is 0 Å². The summed E-state index contributed by atoms with van der Waals surface area (Å²) < 4.78 is 11.1. The first-order valence-electron chi connectivity index (χ1n) is 10.6. The van der Waals surface area contributed by atoms with Crippen molar-refractivity contribution in [3.05, 3.63) is 59.7 Å². The van der Waals surface area contributed by atoms with Gasteiger partial charge in [-0.15, -0.1) is 0 Å². The molecular weight excluding hydrogens is 392 g/mol. The number of ether oxygens (including phenoxy) is 2. The third kappa shape index (κ3) is 7.81. The molecule has 166 valence electrons. The second-order valence-electron chi connectivity index (χ2n) is 7.17. The highest BCUT2D eigenvalue weighted by atomic mass is 16.5. The minimum absolute atomic E-state index is 0.0251. The van der Waals surface area contributed by atoms with Crippen molar-refractivity contribution in [3.63, 3.8) is 0 Å². The lowest BCUT2D eigenvalue weighted by Crippen LogP contribution is -2.27. The van der Waals surface area contributed by atoms with Crippen LogP contribution in [0.15, 0.2) is 48.5 Å². The van der Waals surface area contributed by atoms with E-state index in [0.29, 0.717) is 36.9 Å². The second kappa shape index (κ2) is 12.4. The first-order valence-corrected chi connectivity index (χ1v) is 10.6. The first-order chi connectivity index (χ1) is 15.0. The van der Waals surface area contributed by atoms with Gasteiger partial charge >= 0.3 is 0 Å². The quantitative estimate of drug-likeness (QED) is 0.412.